The summed E-state index contributed by atoms with van der Waals surface area (Å²) in [6.07, 6.45) is 0. The van der Waals surface area contributed by atoms with Crippen LogP contribution in [0.15, 0.2) is 23.1 Å². The van der Waals surface area contributed by atoms with Gasteiger partial charge in [0.1, 0.15) is 5.75 Å². The Bertz CT molecular complexity index is 454. The summed E-state index contributed by atoms with van der Waals surface area (Å²) in [7, 11) is 1.52. The van der Waals surface area contributed by atoms with Crippen LogP contribution in [0.3, 0.4) is 0 Å². The zero-order valence-corrected chi connectivity index (χ0v) is 8.64. The number of benzene rings is 1. The summed E-state index contributed by atoms with van der Waals surface area (Å²) < 4.78 is 32.4. The Morgan fingerprint density at radius 3 is 2.86 bits per heavy atom. The molecule has 1 aromatic rings. The Labute approximate surface area is 85.8 Å². The zero-order chi connectivity index (χ0) is 10.2. The largest absolute Gasteiger partial charge is 0.467 e. The fourth-order valence-corrected chi connectivity index (χ4v) is 2.43. The summed E-state index contributed by atoms with van der Waals surface area (Å²) in [6.45, 7) is 0.343. The highest BCUT2D eigenvalue weighted by molar-refractivity contribution is 8.13. The maximum absolute atomic E-state index is 11.2. The Hall–Kier alpha value is -0.780. The van der Waals surface area contributed by atoms with E-state index in [-0.39, 0.29) is 18.3 Å². The number of halogens is 1. The summed E-state index contributed by atoms with van der Waals surface area (Å²) in [5.41, 5.74) is 0.480. The molecule has 0 unspecified atom stereocenters. The van der Waals surface area contributed by atoms with Crippen molar-refractivity contribution in [3.63, 3.8) is 0 Å². The molecule has 0 fully saturated rings. The second kappa shape index (κ2) is 3.42. The van der Waals surface area contributed by atoms with Crippen LogP contribution in [0.25, 0.3) is 0 Å². The molecule has 0 bridgehead atoms. The minimum atomic E-state index is -3.73. The zero-order valence-electron chi connectivity index (χ0n) is 7.07. The van der Waals surface area contributed by atoms with Crippen LogP contribution in [0.1, 0.15) is 5.56 Å². The second-order valence-electron chi connectivity index (χ2n) is 2.78. The monoisotopic (exact) mass is 234 g/mol. The average molecular weight is 235 g/mol. The lowest BCUT2D eigenvalue weighted by atomic mass is 10.2. The van der Waals surface area contributed by atoms with Crippen LogP contribution < -0.4 is 4.74 Å². The molecule has 0 aromatic heterocycles. The summed E-state index contributed by atoms with van der Waals surface area (Å²) in [4.78, 5) is 0.0522. The Balaban J connectivity index is 2.62. The van der Waals surface area contributed by atoms with E-state index >= 15 is 0 Å². The van der Waals surface area contributed by atoms with Crippen molar-refractivity contribution in [2.75, 3.05) is 6.79 Å². The van der Waals surface area contributed by atoms with Gasteiger partial charge >= 0.3 is 0 Å². The van der Waals surface area contributed by atoms with Gasteiger partial charge < -0.3 is 9.47 Å². The molecular formula is C8H7ClO4S. The molecule has 14 heavy (non-hydrogen) atoms. The molecule has 0 atom stereocenters. The molecule has 76 valence electrons. The van der Waals surface area contributed by atoms with Crippen LogP contribution in [0, 0.1) is 0 Å². The van der Waals surface area contributed by atoms with Crippen molar-refractivity contribution in [3.05, 3.63) is 23.8 Å². The Morgan fingerprint density at radius 1 is 1.36 bits per heavy atom. The van der Waals surface area contributed by atoms with Gasteiger partial charge in [0.2, 0.25) is 0 Å². The minimum Gasteiger partial charge on any atom is -0.467 e. The van der Waals surface area contributed by atoms with Gasteiger partial charge in [-0.1, -0.05) is 6.07 Å². The molecule has 6 heteroatoms. The van der Waals surface area contributed by atoms with Crippen molar-refractivity contribution in [2.45, 2.75) is 11.5 Å². The molecule has 1 aliphatic heterocycles. The number of rotatable bonds is 1. The molecule has 0 spiro atoms. The second-order valence-corrected chi connectivity index (χ2v) is 5.32. The topological polar surface area (TPSA) is 52.6 Å². The van der Waals surface area contributed by atoms with Crippen LogP contribution >= 0.6 is 10.7 Å². The van der Waals surface area contributed by atoms with Crippen LogP contribution in [-0.2, 0) is 20.4 Å². The lowest BCUT2D eigenvalue weighted by Gasteiger charge is -2.18. The van der Waals surface area contributed by atoms with Crippen LogP contribution in [0.2, 0.25) is 0 Å². The lowest BCUT2D eigenvalue weighted by Crippen LogP contribution is -2.13. The van der Waals surface area contributed by atoms with Gasteiger partial charge in [0.25, 0.3) is 9.05 Å². The number of hydrogen-bond donors (Lipinski definition) is 0. The van der Waals surface area contributed by atoms with Gasteiger partial charge in [-0.3, -0.25) is 0 Å². The highest BCUT2D eigenvalue weighted by Gasteiger charge is 2.21. The lowest BCUT2D eigenvalue weighted by molar-refractivity contribution is -0.0179. The molecule has 1 aromatic carbocycles. The fraction of sp³-hybridized carbons (Fsp3) is 0.250. The van der Waals surface area contributed by atoms with E-state index in [0.29, 0.717) is 11.3 Å². The first-order valence-electron chi connectivity index (χ1n) is 3.86. The van der Waals surface area contributed by atoms with Gasteiger partial charge in [0, 0.05) is 16.2 Å². The highest BCUT2D eigenvalue weighted by Crippen LogP contribution is 2.31. The third-order valence-corrected chi connectivity index (χ3v) is 3.30. The van der Waals surface area contributed by atoms with E-state index in [4.69, 9.17) is 20.2 Å². The third kappa shape index (κ3) is 1.70. The molecule has 0 amide bonds. The maximum atomic E-state index is 11.2. The van der Waals surface area contributed by atoms with Crippen molar-refractivity contribution < 1.29 is 17.9 Å². The number of fused-ring (bicyclic) bond motifs is 1. The van der Waals surface area contributed by atoms with Crippen molar-refractivity contribution in [1.29, 1.82) is 0 Å². The van der Waals surface area contributed by atoms with Gasteiger partial charge in [-0.05, 0) is 12.1 Å². The van der Waals surface area contributed by atoms with Crippen LogP contribution in [0.5, 0.6) is 5.75 Å². The smallest absolute Gasteiger partial charge is 0.261 e. The van der Waals surface area contributed by atoms with Crippen molar-refractivity contribution in [3.8, 4) is 5.75 Å². The summed E-state index contributed by atoms with van der Waals surface area (Å²) in [6, 6.07) is 4.70. The van der Waals surface area contributed by atoms with Gasteiger partial charge in [-0.25, -0.2) is 8.42 Å². The predicted octanol–water partition coefficient (Wildman–Crippen LogP) is 1.48. The van der Waals surface area contributed by atoms with Crippen molar-refractivity contribution in [2.24, 2.45) is 0 Å². The van der Waals surface area contributed by atoms with E-state index in [1.807, 2.05) is 0 Å². The highest BCUT2D eigenvalue weighted by atomic mass is 35.7. The van der Waals surface area contributed by atoms with Gasteiger partial charge in [0.05, 0.1) is 11.5 Å². The molecular weight excluding hydrogens is 228 g/mol. The van der Waals surface area contributed by atoms with Crippen molar-refractivity contribution >= 4 is 19.7 Å². The molecule has 0 radical (unpaired) electrons. The van der Waals surface area contributed by atoms with Crippen LogP contribution in [0.4, 0.5) is 0 Å². The van der Waals surface area contributed by atoms with E-state index in [1.165, 1.54) is 6.07 Å². The van der Waals surface area contributed by atoms with E-state index in [1.54, 1.807) is 12.1 Å². The SMILES string of the molecule is O=S(=O)(Cl)c1cccc2c1COCO2. The minimum absolute atomic E-state index is 0.0522. The molecule has 1 heterocycles. The Morgan fingerprint density at radius 2 is 2.14 bits per heavy atom. The van der Waals surface area contributed by atoms with Gasteiger partial charge in [-0.2, -0.15) is 0 Å². The molecule has 0 aliphatic carbocycles. The molecule has 4 nitrogen and oxygen atoms in total. The normalized spacial score (nSPS) is 15.8. The number of ether oxygens (including phenoxy) is 2. The quantitative estimate of drug-likeness (QED) is 0.691. The fourth-order valence-electron chi connectivity index (χ4n) is 1.30. The summed E-state index contributed by atoms with van der Waals surface area (Å²) in [5.74, 6) is 0.512. The summed E-state index contributed by atoms with van der Waals surface area (Å²) >= 11 is 0. The van der Waals surface area contributed by atoms with Gasteiger partial charge in [-0.15, -0.1) is 0 Å². The summed E-state index contributed by atoms with van der Waals surface area (Å²) in [5, 5.41) is 0. The first-order chi connectivity index (χ1) is 6.59. The molecule has 2 rings (SSSR count). The maximum Gasteiger partial charge on any atom is 0.261 e. The van der Waals surface area contributed by atoms with Gasteiger partial charge in [0.15, 0.2) is 6.79 Å². The molecule has 1 aliphatic rings. The molecule has 0 saturated heterocycles. The van der Waals surface area contributed by atoms with Crippen molar-refractivity contribution in [1.82, 2.24) is 0 Å². The van der Waals surface area contributed by atoms with Crippen LogP contribution in [-0.4, -0.2) is 15.2 Å². The first kappa shape index (κ1) is 9.76. The number of hydrogen-bond acceptors (Lipinski definition) is 4. The molecule has 0 N–H and O–H groups in total. The predicted molar refractivity (Wildman–Crippen MR) is 49.8 cm³/mol. The first-order valence-corrected chi connectivity index (χ1v) is 6.17. The standard InChI is InChI=1S/C8H7ClO4S/c9-14(10,11)8-3-1-2-7-6(8)4-12-5-13-7/h1-3H,4-5H2. The van der Waals surface area contributed by atoms with E-state index in [2.05, 4.69) is 0 Å². The average Bonchev–Trinajstić information content (AvgIpc) is 2.15. The van der Waals surface area contributed by atoms with E-state index < -0.39 is 9.05 Å². The third-order valence-electron chi connectivity index (χ3n) is 1.90. The van der Waals surface area contributed by atoms with E-state index in [0.717, 1.165) is 0 Å². The van der Waals surface area contributed by atoms with E-state index in [9.17, 15) is 8.42 Å². The molecule has 0 saturated carbocycles. The Kier molecular flexibility index (Phi) is 2.38.